The SMILES string of the molecule is c1ccc(-c2ccc(N(c3ccc(-c4cccc(-c5ccccc5)c4-c4ccccc4)cc3)c3ccc(-c4cccc5c(-c6ccccc6)c(-c6ccccc6)c6ccccc6c45)cc3)cc2)cc1. The van der Waals surface area contributed by atoms with Crippen molar-refractivity contribution in [2.45, 2.75) is 0 Å². The summed E-state index contributed by atoms with van der Waals surface area (Å²) in [7, 11) is 0. The molecule has 0 aliphatic heterocycles. The molecule has 0 aliphatic carbocycles. The molecule has 12 aromatic rings. The van der Waals surface area contributed by atoms with Crippen LogP contribution >= 0.6 is 0 Å². The van der Waals surface area contributed by atoms with Crippen molar-refractivity contribution in [1.82, 2.24) is 0 Å². The fourth-order valence-corrected chi connectivity index (χ4v) is 10.3. The molecule has 0 saturated carbocycles. The van der Waals surface area contributed by atoms with Gasteiger partial charge in [0, 0.05) is 17.1 Å². The Hall–Kier alpha value is -9.04. The molecule has 1 heteroatoms. The van der Waals surface area contributed by atoms with E-state index in [4.69, 9.17) is 0 Å². The van der Waals surface area contributed by atoms with E-state index in [9.17, 15) is 0 Å². The van der Waals surface area contributed by atoms with Crippen LogP contribution in [0.5, 0.6) is 0 Å². The van der Waals surface area contributed by atoms with Crippen LogP contribution < -0.4 is 4.90 Å². The first-order chi connectivity index (χ1) is 34.3. The molecular formula is C68H47N. The molecule has 0 saturated heterocycles. The van der Waals surface area contributed by atoms with Gasteiger partial charge in [-0.1, -0.05) is 249 Å². The van der Waals surface area contributed by atoms with Crippen LogP contribution in [0.4, 0.5) is 17.1 Å². The molecule has 0 radical (unpaired) electrons. The van der Waals surface area contributed by atoms with Crippen molar-refractivity contribution in [1.29, 1.82) is 0 Å². The number of hydrogen-bond donors (Lipinski definition) is 0. The molecule has 324 valence electrons. The summed E-state index contributed by atoms with van der Waals surface area (Å²) >= 11 is 0. The fourth-order valence-electron chi connectivity index (χ4n) is 10.3. The lowest BCUT2D eigenvalue weighted by molar-refractivity contribution is 1.28. The number of anilines is 3. The lowest BCUT2D eigenvalue weighted by atomic mass is 9.83. The average molecular weight is 878 g/mol. The molecule has 0 aliphatic rings. The van der Waals surface area contributed by atoms with E-state index in [-0.39, 0.29) is 0 Å². The van der Waals surface area contributed by atoms with E-state index in [1.165, 1.54) is 99.4 Å². The summed E-state index contributed by atoms with van der Waals surface area (Å²) in [5, 5.41) is 4.99. The second-order valence-electron chi connectivity index (χ2n) is 17.6. The Morgan fingerprint density at radius 3 is 0.971 bits per heavy atom. The fraction of sp³-hybridized carbons (Fsp3) is 0. The van der Waals surface area contributed by atoms with Gasteiger partial charge in [0.05, 0.1) is 0 Å². The predicted octanol–water partition coefficient (Wildman–Crippen LogP) is 19.1. The maximum Gasteiger partial charge on any atom is 0.0462 e. The highest BCUT2D eigenvalue weighted by Gasteiger charge is 2.21. The van der Waals surface area contributed by atoms with E-state index >= 15 is 0 Å². The van der Waals surface area contributed by atoms with Gasteiger partial charge in [0.1, 0.15) is 0 Å². The lowest BCUT2D eigenvalue weighted by Gasteiger charge is -2.26. The average Bonchev–Trinajstić information content (AvgIpc) is 3.44. The second-order valence-corrected chi connectivity index (χ2v) is 17.6. The Morgan fingerprint density at radius 1 is 0.174 bits per heavy atom. The zero-order valence-corrected chi connectivity index (χ0v) is 38.1. The van der Waals surface area contributed by atoms with Crippen molar-refractivity contribution in [3.63, 3.8) is 0 Å². The van der Waals surface area contributed by atoms with Gasteiger partial charge in [-0.3, -0.25) is 0 Å². The number of fused-ring (bicyclic) bond motifs is 3. The zero-order chi connectivity index (χ0) is 45.9. The van der Waals surface area contributed by atoms with E-state index < -0.39 is 0 Å². The van der Waals surface area contributed by atoms with Crippen molar-refractivity contribution in [2.24, 2.45) is 0 Å². The molecule has 1 nitrogen and oxygen atoms in total. The van der Waals surface area contributed by atoms with E-state index in [1.54, 1.807) is 0 Å². The first kappa shape index (κ1) is 41.4. The second kappa shape index (κ2) is 18.3. The third kappa shape index (κ3) is 7.86. The minimum Gasteiger partial charge on any atom is -0.311 e. The van der Waals surface area contributed by atoms with Crippen molar-refractivity contribution in [3.8, 4) is 77.9 Å². The van der Waals surface area contributed by atoms with Crippen LogP contribution in [-0.4, -0.2) is 0 Å². The molecular weight excluding hydrogens is 831 g/mol. The quantitative estimate of drug-likeness (QED) is 0.124. The van der Waals surface area contributed by atoms with Gasteiger partial charge in [-0.15, -0.1) is 0 Å². The normalized spacial score (nSPS) is 11.2. The molecule has 0 aromatic heterocycles. The third-order valence-corrected chi connectivity index (χ3v) is 13.5. The summed E-state index contributed by atoms with van der Waals surface area (Å²) < 4.78 is 0. The number of benzene rings is 12. The molecule has 0 N–H and O–H groups in total. The van der Waals surface area contributed by atoms with Gasteiger partial charge in [-0.05, 0) is 136 Å². The van der Waals surface area contributed by atoms with Crippen LogP contribution in [-0.2, 0) is 0 Å². The van der Waals surface area contributed by atoms with Gasteiger partial charge in [0.25, 0.3) is 0 Å². The monoisotopic (exact) mass is 877 g/mol. The van der Waals surface area contributed by atoms with E-state index in [2.05, 4.69) is 290 Å². The Bertz CT molecular complexity index is 3700. The van der Waals surface area contributed by atoms with Crippen LogP contribution in [0.25, 0.3) is 99.4 Å². The highest BCUT2D eigenvalue weighted by Crippen LogP contribution is 2.48. The molecule has 12 aromatic carbocycles. The van der Waals surface area contributed by atoms with Gasteiger partial charge in [0.15, 0.2) is 0 Å². The summed E-state index contributed by atoms with van der Waals surface area (Å²) in [5.41, 5.74) is 20.2. The van der Waals surface area contributed by atoms with E-state index in [1.807, 2.05) is 0 Å². The standard InChI is InChI=1S/C68H47N/c1-6-20-48(21-7-1)49-36-42-56(43-37-49)69(57-44-38-51(39-45-57)60-33-18-32-59(50-22-8-2-9-23-50)65(60)53-24-10-3-11-25-53)58-46-40-52(41-47-58)61-34-19-35-64-67(55-28-14-5-15-29-55)66(54-26-12-4-13-27-54)62-30-16-17-31-63(62)68(61)64/h1-47H. The molecule has 0 fully saturated rings. The molecule has 69 heavy (non-hydrogen) atoms. The van der Waals surface area contributed by atoms with Gasteiger partial charge in [0.2, 0.25) is 0 Å². The maximum atomic E-state index is 2.37. The summed E-state index contributed by atoms with van der Waals surface area (Å²) in [4.78, 5) is 2.37. The van der Waals surface area contributed by atoms with Crippen molar-refractivity contribution < 1.29 is 0 Å². The van der Waals surface area contributed by atoms with Gasteiger partial charge < -0.3 is 4.90 Å². The molecule has 0 amide bonds. The number of rotatable bonds is 10. The Morgan fingerprint density at radius 2 is 0.478 bits per heavy atom. The number of hydrogen-bond acceptors (Lipinski definition) is 1. The topological polar surface area (TPSA) is 3.24 Å². The highest BCUT2D eigenvalue weighted by molar-refractivity contribution is 6.25. The van der Waals surface area contributed by atoms with Gasteiger partial charge in [-0.2, -0.15) is 0 Å². The maximum absolute atomic E-state index is 2.37. The van der Waals surface area contributed by atoms with Crippen LogP contribution in [0.2, 0.25) is 0 Å². The molecule has 0 unspecified atom stereocenters. The largest absolute Gasteiger partial charge is 0.311 e. The van der Waals surface area contributed by atoms with Crippen LogP contribution in [0.3, 0.4) is 0 Å². The van der Waals surface area contributed by atoms with Crippen LogP contribution in [0.1, 0.15) is 0 Å². The molecule has 0 bridgehead atoms. The van der Waals surface area contributed by atoms with E-state index in [0.29, 0.717) is 0 Å². The Balaban J connectivity index is 0.989. The first-order valence-electron chi connectivity index (χ1n) is 23.8. The minimum absolute atomic E-state index is 1.08. The smallest absolute Gasteiger partial charge is 0.0462 e. The molecule has 0 atom stereocenters. The zero-order valence-electron chi connectivity index (χ0n) is 38.1. The van der Waals surface area contributed by atoms with Gasteiger partial charge in [-0.25, -0.2) is 0 Å². The third-order valence-electron chi connectivity index (χ3n) is 13.5. The highest BCUT2D eigenvalue weighted by atomic mass is 15.1. The van der Waals surface area contributed by atoms with E-state index in [0.717, 1.165) is 17.1 Å². The van der Waals surface area contributed by atoms with Crippen LogP contribution in [0, 0.1) is 0 Å². The Kier molecular flexibility index (Phi) is 11.0. The molecule has 12 rings (SSSR count). The van der Waals surface area contributed by atoms with Crippen molar-refractivity contribution in [3.05, 3.63) is 285 Å². The van der Waals surface area contributed by atoms with Crippen molar-refractivity contribution in [2.75, 3.05) is 4.90 Å². The molecule has 0 spiro atoms. The summed E-state index contributed by atoms with van der Waals surface area (Å²) in [6, 6.07) is 103. The van der Waals surface area contributed by atoms with Gasteiger partial charge >= 0.3 is 0 Å². The Labute approximate surface area is 404 Å². The lowest BCUT2D eigenvalue weighted by Crippen LogP contribution is -2.09. The summed E-state index contributed by atoms with van der Waals surface area (Å²) in [5.74, 6) is 0. The summed E-state index contributed by atoms with van der Waals surface area (Å²) in [6.45, 7) is 0. The first-order valence-corrected chi connectivity index (χ1v) is 23.8. The molecule has 0 heterocycles. The minimum atomic E-state index is 1.08. The number of nitrogens with zero attached hydrogens (tertiary/aromatic N) is 1. The van der Waals surface area contributed by atoms with Crippen LogP contribution in [0.15, 0.2) is 285 Å². The predicted molar refractivity (Wildman–Crippen MR) is 294 cm³/mol. The summed E-state index contributed by atoms with van der Waals surface area (Å²) in [6.07, 6.45) is 0. The van der Waals surface area contributed by atoms with Crippen molar-refractivity contribution >= 4 is 38.6 Å².